The van der Waals surface area contributed by atoms with Crippen molar-refractivity contribution in [2.24, 2.45) is 5.73 Å². The lowest BCUT2D eigenvalue weighted by molar-refractivity contribution is -0.355. The van der Waals surface area contributed by atoms with Gasteiger partial charge in [0.15, 0.2) is 6.29 Å². The highest BCUT2D eigenvalue weighted by atomic mass is 16.7. The fraction of sp³-hybridized carbons (Fsp3) is 0.422. The van der Waals surface area contributed by atoms with Gasteiger partial charge >= 0.3 is 0 Å². The van der Waals surface area contributed by atoms with Gasteiger partial charge in [0.25, 0.3) is 0 Å². The first-order valence-electron chi connectivity index (χ1n) is 20.1. The van der Waals surface area contributed by atoms with Crippen LogP contribution in [0.5, 0.6) is 11.5 Å². The maximum atomic E-state index is 12.9. The molecule has 2 aliphatic heterocycles. The molecule has 16 heteroatoms. The predicted molar refractivity (Wildman–Crippen MR) is 218 cm³/mol. The first kappa shape index (κ1) is 45.7. The van der Waals surface area contributed by atoms with Crippen LogP contribution >= 0.6 is 0 Å². The van der Waals surface area contributed by atoms with Crippen LogP contribution in [0.15, 0.2) is 109 Å². The highest BCUT2D eigenvalue weighted by Crippen LogP contribution is 2.32. The minimum absolute atomic E-state index is 0.0484. The second kappa shape index (κ2) is 21.8. The number of hydrogen-bond acceptors (Lipinski definition) is 15. The molecule has 0 aliphatic carbocycles. The second-order valence-electron chi connectivity index (χ2n) is 15.2. The van der Waals surface area contributed by atoms with Crippen molar-refractivity contribution in [1.82, 2.24) is 5.32 Å². The maximum absolute atomic E-state index is 12.9. The molecule has 61 heavy (non-hydrogen) atoms. The molecule has 2 aliphatic rings. The topological polar surface area (TPSA) is 249 Å². The Balaban J connectivity index is 1.01. The summed E-state index contributed by atoms with van der Waals surface area (Å²) in [5.74, 6) is 0.0859. The van der Waals surface area contributed by atoms with Crippen LogP contribution < -0.4 is 20.5 Å². The highest BCUT2D eigenvalue weighted by molar-refractivity contribution is 5.85. The Morgan fingerprint density at radius 3 is 1.93 bits per heavy atom. The molecule has 2 fully saturated rings. The van der Waals surface area contributed by atoms with Crippen LogP contribution in [0.25, 0.3) is 0 Å². The van der Waals surface area contributed by atoms with Gasteiger partial charge in [-0.3, -0.25) is 4.79 Å². The van der Waals surface area contributed by atoms with E-state index < -0.39 is 92.6 Å². The van der Waals surface area contributed by atoms with E-state index in [9.17, 15) is 40.2 Å². The smallest absolute Gasteiger partial charge is 0.238 e. The Kier molecular flexibility index (Phi) is 16.3. The third-order valence-electron chi connectivity index (χ3n) is 10.8. The van der Waals surface area contributed by atoms with Crippen LogP contribution in [0.2, 0.25) is 0 Å². The van der Waals surface area contributed by atoms with Crippen molar-refractivity contribution in [3.63, 3.8) is 0 Å². The summed E-state index contributed by atoms with van der Waals surface area (Å²) >= 11 is 0. The molecule has 1 amide bonds. The molecule has 4 aromatic rings. The second-order valence-corrected chi connectivity index (χ2v) is 15.2. The number of carbonyl (C=O) groups excluding carboxylic acids is 2. The molecule has 0 bridgehead atoms. The molecular weight excluding hydrogens is 792 g/mol. The summed E-state index contributed by atoms with van der Waals surface area (Å²) in [6.07, 6.45) is -14.2. The Hall–Kier alpha value is -4.82. The third kappa shape index (κ3) is 11.8. The Bertz CT molecular complexity index is 1940. The molecule has 0 radical (unpaired) electrons. The van der Waals surface area contributed by atoms with Gasteiger partial charge in [0.1, 0.15) is 73.2 Å². The third-order valence-corrected chi connectivity index (χ3v) is 10.8. The maximum Gasteiger partial charge on any atom is 0.238 e. The Morgan fingerprint density at radius 1 is 0.705 bits per heavy atom. The van der Waals surface area contributed by atoms with Crippen molar-refractivity contribution in [2.45, 2.75) is 106 Å². The van der Waals surface area contributed by atoms with Gasteiger partial charge in [-0.25, -0.2) is 0 Å². The van der Waals surface area contributed by atoms with Crippen LogP contribution in [0.3, 0.4) is 0 Å². The zero-order valence-electron chi connectivity index (χ0n) is 33.5. The molecule has 6 rings (SSSR count). The molecule has 0 aromatic heterocycles. The van der Waals surface area contributed by atoms with Gasteiger partial charge in [-0.1, -0.05) is 91.9 Å². The van der Waals surface area contributed by atoms with E-state index in [0.29, 0.717) is 29.8 Å². The minimum Gasteiger partial charge on any atom is -0.489 e. The number of carbonyl (C=O) groups is 2. The minimum atomic E-state index is -1.74. The molecule has 13 atom stereocenters. The normalized spacial score (nSPS) is 27.9. The summed E-state index contributed by atoms with van der Waals surface area (Å²) in [6.45, 7) is 0.799. The van der Waals surface area contributed by atoms with Crippen LogP contribution in [0.1, 0.15) is 35.1 Å². The Morgan fingerprint density at radius 2 is 1.30 bits per heavy atom. The van der Waals surface area contributed by atoms with Crippen molar-refractivity contribution in [3.05, 3.63) is 131 Å². The van der Waals surface area contributed by atoms with Gasteiger partial charge in [-0.15, -0.1) is 0 Å². The van der Waals surface area contributed by atoms with E-state index in [1.807, 2.05) is 67.6 Å². The van der Waals surface area contributed by atoms with Crippen molar-refractivity contribution in [3.8, 4) is 11.5 Å². The van der Waals surface area contributed by atoms with Gasteiger partial charge in [0.2, 0.25) is 12.2 Å². The van der Waals surface area contributed by atoms with E-state index in [4.69, 9.17) is 34.2 Å². The number of amides is 1. The van der Waals surface area contributed by atoms with Crippen molar-refractivity contribution in [1.29, 1.82) is 0 Å². The average Bonchev–Trinajstić information content (AvgIpc) is 3.29. The summed E-state index contributed by atoms with van der Waals surface area (Å²) in [5.41, 5.74) is 9.48. The number of benzene rings is 4. The van der Waals surface area contributed by atoms with Crippen LogP contribution in [-0.4, -0.2) is 130 Å². The van der Waals surface area contributed by atoms with E-state index >= 15 is 0 Å². The van der Waals surface area contributed by atoms with Gasteiger partial charge in [-0.05, 0) is 52.9 Å². The first-order valence-corrected chi connectivity index (χ1v) is 20.1. The summed E-state index contributed by atoms with van der Waals surface area (Å²) in [6, 6.07) is 30.7. The molecular formula is C45H54N2O14. The monoisotopic (exact) mass is 846 g/mol. The van der Waals surface area contributed by atoms with Crippen LogP contribution in [-0.2, 0) is 48.2 Å². The molecule has 0 spiro atoms. The number of hydrogen-bond donors (Lipinski definition) is 8. The summed E-state index contributed by atoms with van der Waals surface area (Å²) in [4.78, 5) is 24.8. The first-order chi connectivity index (χ1) is 29.5. The molecule has 4 aromatic carbocycles. The fourth-order valence-corrected chi connectivity index (χ4v) is 7.15. The highest BCUT2D eigenvalue weighted by Gasteiger charge is 2.51. The SMILES string of the molecule is CC(c1ccccc1)C(N)C(=O)NC(C=O)Cc1ccc(OC2OC(CO)C(OC3OC(CO)C(O)C(OCc4ccc(OCc5ccccc5)cc4)C3O)C(O)C2O)cc1. The van der Waals surface area contributed by atoms with Gasteiger partial charge < -0.3 is 74.9 Å². The molecule has 16 nitrogen and oxygen atoms in total. The molecule has 2 heterocycles. The number of aliphatic hydroxyl groups excluding tert-OH is 6. The van der Waals surface area contributed by atoms with E-state index in [1.54, 1.807) is 48.5 Å². The average molecular weight is 847 g/mol. The lowest BCUT2D eigenvalue weighted by atomic mass is 9.93. The van der Waals surface area contributed by atoms with Crippen molar-refractivity contribution < 1.29 is 68.6 Å². The van der Waals surface area contributed by atoms with Crippen molar-refractivity contribution >= 4 is 12.2 Å². The Labute approximate surface area is 353 Å². The standard InChI is InChI=1S/C45H54N2O14/c1-26(30-10-6-3-7-11-30)36(46)43(55)47-31(21-48)20-27-12-18-33(19-13-27)58-44-39(53)38(52)41(35(23-50)60-44)61-45-40(54)42(37(51)34(22-49)59-45)57-25-29-14-16-32(17-15-29)56-24-28-8-4-2-5-9-28/h2-19,21,26,31,34-42,44-45,49-54H,20,22-25,46H2,1H3,(H,47,55). The number of ether oxygens (including phenoxy) is 6. The molecule has 9 N–H and O–H groups in total. The number of rotatable bonds is 19. The summed E-state index contributed by atoms with van der Waals surface area (Å²) < 4.78 is 34.9. The summed E-state index contributed by atoms with van der Waals surface area (Å²) in [7, 11) is 0. The number of nitrogens with two attached hydrogens (primary N) is 1. The number of aliphatic hydroxyl groups is 6. The quantitative estimate of drug-likeness (QED) is 0.0610. The van der Waals surface area contributed by atoms with Gasteiger partial charge in [0.05, 0.1) is 31.9 Å². The number of nitrogens with one attached hydrogen (secondary N) is 1. The van der Waals surface area contributed by atoms with Crippen LogP contribution in [0.4, 0.5) is 0 Å². The van der Waals surface area contributed by atoms with Gasteiger partial charge in [-0.2, -0.15) is 0 Å². The van der Waals surface area contributed by atoms with Crippen LogP contribution in [0, 0.1) is 0 Å². The molecule has 2 saturated heterocycles. The van der Waals surface area contributed by atoms with E-state index in [1.165, 1.54) is 0 Å². The predicted octanol–water partition coefficient (Wildman–Crippen LogP) is 0.850. The van der Waals surface area contributed by atoms with E-state index in [0.717, 1.165) is 11.1 Å². The zero-order valence-corrected chi connectivity index (χ0v) is 33.5. The summed E-state index contributed by atoms with van der Waals surface area (Å²) in [5, 5.41) is 67.4. The molecule has 328 valence electrons. The van der Waals surface area contributed by atoms with E-state index in [-0.39, 0.29) is 24.7 Å². The largest absolute Gasteiger partial charge is 0.489 e. The fourth-order valence-electron chi connectivity index (χ4n) is 7.15. The lowest BCUT2D eigenvalue weighted by Crippen LogP contribution is -2.65. The molecule has 13 unspecified atom stereocenters. The molecule has 0 saturated carbocycles. The van der Waals surface area contributed by atoms with E-state index in [2.05, 4.69) is 5.32 Å². The zero-order chi connectivity index (χ0) is 43.5. The lowest BCUT2D eigenvalue weighted by Gasteiger charge is -2.46. The van der Waals surface area contributed by atoms with Crippen molar-refractivity contribution in [2.75, 3.05) is 13.2 Å². The number of aldehydes is 1. The van der Waals surface area contributed by atoms with Gasteiger partial charge in [0, 0.05) is 5.92 Å².